The van der Waals surface area contributed by atoms with E-state index in [1.54, 1.807) is 61.2 Å². The van der Waals surface area contributed by atoms with Gasteiger partial charge in [-0.25, -0.2) is 14.8 Å². The Morgan fingerprint density at radius 1 is 1.03 bits per heavy atom. The topological polar surface area (TPSA) is 91.6 Å². The Morgan fingerprint density at radius 2 is 1.80 bits per heavy atom. The number of carbonyl (C=O) groups is 2. The number of anilines is 2. The zero-order chi connectivity index (χ0) is 25.3. The van der Waals surface area contributed by atoms with Crippen LogP contribution in [0.3, 0.4) is 0 Å². The molecule has 0 unspecified atom stereocenters. The molecule has 0 aliphatic heterocycles. The first kappa shape index (κ1) is 23.7. The van der Waals surface area contributed by atoms with E-state index in [9.17, 15) is 22.8 Å². The van der Waals surface area contributed by atoms with Gasteiger partial charge in [-0.2, -0.15) is 13.2 Å². The summed E-state index contributed by atoms with van der Waals surface area (Å²) in [6.45, 7) is 1.86. The van der Waals surface area contributed by atoms with Gasteiger partial charge in [0.15, 0.2) is 5.65 Å². The van der Waals surface area contributed by atoms with Gasteiger partial charge in [-0.1, -0.05) is 6.07 Å². The summed E-state index contributed by atoms with van der Waals surface area (Å²) in [6, 6.07) is 9.74. The maximum atomic E-state index is 13.0. The lowest BCUT2D eigenvalue weighted by molar-refractivity contribution is -0.137. The number of pyridine rings is 2. The second-order valence-corrected chi connectivity index (χ2v) is 7.99. The SMILES string of the molecule is Cc1ccc(C(=O)Nc2cc(C(F)(F)F)ccn2)cc1-c1cnc2c(NC(=O)N(C)C)cccn12. The van der Waals surface area contributed by atoms with Crippen molar-refractivity contribution in [2.24, 2.45) is 0 Å². The Bertz CT molecular complexity index is 1430. The molecule has 2 N–H and O–H groups in total. The molecule has 0 aliphatic carbocycles. The summed E-state index contributed by atoms with van der Waals surface area (Å²) in [7, 11) is 3.25. The summed E-state index contributed by atoms with van der Waals surface area (Å²) in [6.07, 6.45) is -0.155. The molecule has 0 bridgehead atoms. The van der Waals surface area contributed by atoms with Crippen LogP contribution in [0.1, 0.15) is 21.5 Å². The Hall–Kier alpha value is -4.41. The van der Waals surface area contributed by atoms with E-state index in [-0.39, 0.29) is 17.4 Å². The minimum Gasteiger partial charge on any atom is -0.331 e. The van der Waals surface area contributed by atoms with E-state index in [1.807, 2.05) is 6.92 Å². The first-order valence-electron chi connectivity index (χ1n) is 10.4. The van der Waals surface area contributed by atoms with Crippen molar-refractivity contribution < 1.29 is 22.8 Å². The summed E-state index contributed by atoms with van der Waals surface area (Å²) >= 11 is 0. The third-order valence-electron chi connectivity index (χ3n) is 5.29. The summed E-state index contributed by atoms with van der Waals surface area (Å²) in [5.74, 6) is -0.811. The number of hydrogen-bond donors (Lipinski definition) is 2. The van der Waals surface area contributed by atoms with Gasteiger partial charge in [-0.05, 0) is 48.9 Å². The number of fused-ring (bicyclic) bond motifs is 1. The average Bonchev–Trinajstić information content (AvgIpc) is 3.24. The van der Waals surface area contributed by atoms with Crippen LogP contribution in [0, 0.1) is 6.92 Å². The monoisotopic (exact) mass is 482 g/mol. The number of alkyl halides is 3. The molecule has 3 amide bonds. The van der Waals surface area contributed by atoms with Crippen LogP contribution in [0.15, 0.2) is 61.1 Å². The minimum absolute atomic E-state index is 0.206. The molecule has 0 radical (unpaired) electrons. The molecule has 3 aromatic heterocycles. The van der Waals surface area contributed by atoms with E-state index >= 15 is 0 Å². The molecule has 0 saturated carbocycles. The van der Waals surface area contributed by atoms with Gasteiger partial charge in [0.2, 0.25) is 0 Å². The fourth-order valence-corrected chi connectivity index (χ4v) is 3.44. The first-order valence-corrected chi connectivity index (χ1v) is 10.4. The molecular weight excluding hydrogens is 461 g/mol. The third-order valence-corrected chi connectivity index (χ3v) is 5.29. The molecule has 8 nitrogen and oxygen atoms in total. The van der Waals surface area contributed by atoms with Crippen molar-refractivity contribution in [1.29, 1.82) is 0 Å². The van der Waals surface area contributed by atoms with Gasteiger partial charge in [-0.15, -0.1) is 0 Å². The highest BCUT2D eigenvalue weighted by atomic mass is 19.4. The summed E-state index contributed by atoms with van der Waals surface area (Å²) in [5.41, 5.74) is 2.57. The van der Waals surface area contributed by atoms with Crippen LogP contribution in [0.25, 0.3) is 16.9 Å². The van der Waals surface area contributed by atoms with Crippen molar-refractivity contribution in [3.8, 4) is 11.3 Å². The van der Waals surface area contributed by atoms with Crippen LogP contribution in [0.4, 0.5) is 29.5 Å². The maximum Gasteiger partial charge on any atom is 0.416 e. The number of nitrogens with one attached hydrogen (secondary N) is 2. The smallest absolute Gasteiger partial charge is 0.331 e. The second kappa shape index (κ2) is 9.09. The third kappa shape index (κ3) is 4.93. The van der Waals surface area contributed by atoms with Gasteiger partial charge in [0, 0.05) is 37.6 Å². The van der Waals surface area contributed by atoms with E-state index in [0.29, 0.717) is 22.6 Å². The van der Waals surface area contributed by atoms with Crippen LogP contribution in [0.5, 0.6) is 0 Å². The molecule has 0 saturated heterocycles. The zero-order valence-corrected chi connectivity index (χ0v) is 19.0. The lowest BCUT2D eigenvalue weighted by atomic mass is 10.0. The molecule has 11 heteroatoms. The molecule has 0 aliphatic rings. The highest BCUT2D eigenvalue weighted by Crippen LogP contribution is 2.31. The normalized spacial score (nSPS) is 11.4. The molecule has 0 spiro atoms. The van der Waals surface area contributed by atoms with Crippen LogP contribution in [-0.2, 0) is 6.18 Å². The number of halogens is 3. The quantitative estimate of drug-likeness (QED) is 0.425. The van der Waals surface area contributed by atoms with Crippen molar-refractivity contribution in [1.82, 2.24) is 19.3 Å². The number of benzene rings is 1. The van der Waals surface area contributed by atoms with Gasteiger partial charge >= 0.3 is 12.2 Å². The highest BCUT2D eigenvalue weighted by Gasteiger charge is 2.31. The Balaban J connectivity index is 1.66. The first-order chi connectivity index (χ1) is 16.5. The van der Waals surface area contributed by atoms with Crippen molar-refractivity contribution in [2.75, 3.05) is 24.7 Å². The molecule has 4 aromatic rings. The number of aryl methyl sites for hydroxylation is 1. The van der Waals surface area contributed by atoms with Crippen molar-refractivity contribution in [2.45, 2.75) is 13.1 Å². The largest absolute Gasteiger partial charge is 0.416 e. The molecule has 3 heterocycles. The predicted octanol–water partition coefficient (Wildman–Crippen LogP) is 5.07. The zero-order valence-electron chi connectivity index (χ0n) is 19.0. The molecule has 4 rings (SSSR count). The van der Waals surface area contributed by atoms with E-state index in [1.165, 1.54) is 4.90 Å². The van der Waals surface area contributed by atoms with Gasteiger partial charge in [0.25, 0.3) is 5.91 Å². The lowest BCUT2D eigenvalue weighted by Crippen LogP contribution is -2.27. The van der Waals surface area contributed by atoms with Crippen LogP contribution in [0.2, 0.25) is 0 Å². The van der Waals surface area contributed by atoms with Crippen molar-refractivity contribution in [3.63, 3.8) is 0 Å². The average molecular weight is 482 g/mol. The predicted molar refractivity (Wildman–Crippen MR) is 125 cm³/mol. The molecule has 180 valence electrons. The fraction of sp³-hybridized carbons (Fsp3) is 0.167. The number of nitrogens with zero attached hydrogens (tertiary/aromatic N) is 4. The summed E-state index contributed by atoms with van der Waals surface area (Å²) in [5, 5.41) is 5.20. The Kier molecular flexibility index (Phi) is 6.16. The summed E-state index contributed by atoms with van der Waals surface area (Å²) in [4.78, 5) is 34.6. The lowest BCUT2D eigenvalue weighted by Gasteiger charge is -2.13. The van der Waals surface area contributed by atoms with E-state index in [0.717, 1.165) is 23.9 Å². The molecule has 35 heavy (non-hydrogen) atoms. The molecule has 0 atom stereocenters. The van der Waals surface area contributed by atoms with Gasteiger partial charge < -0.3 is 15.5 Å². The van der Waals surface area contributed by atoms with Gasteiger partial charge in [0.1, 0.15) is 5.82 Å². The highest BCUT2D eigenvalue weighted by molar-refractivity contribution is 6.04. The number of aromatic nitrogens is 3. The van der Waals surface area contributed by atoms with E-state index in [4.69, 9.17) is 0 Å². The molecular formula is C24H21F3N6O2. The van der Waals surface area contributed by atoms with Crippen LogP contribution < -0.4 is 10.6 Å². The van der Waals surface area contributed by atoms with Gasteiger partial charge in [-0.3, -0.25) is 9.20 Å². The molecule has 1 aromatic carbocycles. The Morgan fingerprint density at radius 3 is 2.51 bits per heavy atom. The fourth-order valence-electron chi connectivity index (χ4n) is 3.44. The van der Waals surface area contributed by atoms with Crippen molar-refractivity contribution >= 4 is 29.1 Å². The maximum absolute atomic E-state index is 13.0. The Labute approximate surface area is 198 Å². The number of imidazole rings is 1. The minimum atomic E-state index is -4.55. The number of rotatable bonds is 4. The number of carbonyl (C=O) groups excluding carboxylic acids is 2. The number of amides is 3. The van der Waals surface area contributed by atoms with Crippen molar-refractivity contribution in [3.05, 3.63) is 77.7 Å². The summed E-state index contributed by atoms with van der Waals surface area (Å²) < 4.78 is 40.7. The second-order valence-electron chi connectivity index (χ2n) is 7.99. The standard InChI is InChI=1S/C24H21F3N6O2/c1-14-6-7-15(22(34)31-20-12-16(8-9-28-20)24(25,26)27)11-17(14)19-13-29-21-18(5-4-10-33(19)21)30-23(35)32(2)3/h4-13H,1-3H3,(H,30,35)(H,28,31,34). The van der Waals surface area contributed by atoms with E-state index in [2.05, 4.69) is 20.6 Å². The van der Waals surface area contributed by atoms with Crippen LogP contribution >= 0.6 is 0 Å². The van der Waals surface area contributed by atoms with E-state index < -0.39 is 17.6 Å². The van der Waals surface area contributed by atoms with Gasteiger partial charge in [0.05, 0.1) is 23.1 Å². The van der Waals surface area contributed by atoms with Crippen LogP contribution in [-0.4, -0.2) is 45.3 Å². The number of urea groups is 1. The number of hydrogen-bond acceptors (Lipinski definition) is 4. The molecule has 0 fully saturated rings.